The lowest BCUT2D eigenvalue weighted by molar-refractivity contribution is -0.130. The summed E-state index contributed by atoms with van der Waals surface area (Å²) in [5, 5.41) is 3.11. The molecule has 10 heteroatoms. The zero-order valence-electron chi connectivity index (χ0n) is 15.8. The van der Waals surface area contributed by atoms with Gasteiger partial charge in [-0.1, -0.05) is 11.3 Å². The van der Waals surface area contributed by atoms with E-state index in [9.17, 15) is 9.59 Å². The second-order valence-electron chi connectivity index (χ2n) is 6.17. The number of fused-ring (bicyclic) bond motifs is 1. The fourth-order valence-electron chi connectivity index (χ4n) is 2.91. The average molecular weight is 430 g/mol. The van der Waals surface area contributed by atoms with E-state index >= 15 is 0 Å². The van der Waals surface area contributed by atoms with Crippen molar-refractivity contribution in [2.75, 3.05) is 28.8 Å². The molecule has 1 aliphatic heterocycles. The van der Waals surface area contributed by atoms with E-state index in [0.29, 0.717) is 0 Å². The molecule has 3 N–H and O–H groups in total. The number of nitrogens with one attached hydrogen (secondary N) is 3. The van der Waals surface area contributed by atoms with Crippen molar-refractivity contribution in [3.63, 3.8) is 0 Å². The summed E-state index contributed by atoms with van der Waals surface area (Å²) in [6.45, 7) is 6.23. The highest BCUT2D eigenvalue weighted by molar-refractivity contribution is 7.29. The molecule has 0 spiro atoms. The van der Waals surface area contributed by atoms with Crippen LogP contribution in [-0.2, 0) is 9.53 Å². The van der Waals surface area contributed by atoms with E-state index < -0.39 is 12.1 Å². The summed E-state index contributed by atoms with van der Waals surface area (Å²) in [5.74, 6) is -0.668. The van der Waals surface area contributed by atoms with Gasteiger partial charge in [-0.25, -0.2) is 14.6 Å². The van der Waals surface area contributed by atoms with E-state index in [-0.39, 0.29) is 5.70 Å². The number of thiazole rings is 1. The Balaban J connectivity index is 1.41. The first kappa shape index (κ1) is 19.2. The highest BCUT2D eigenvalue weighted by Gasteiger charge is 2.26. The number of hydrogen-bond acceptors (Lipinski definition) is 9. The van der Waals surface area contributed by atoms with Gasteiger partial charge in [0.2, 0.25) is 5.13 Å². The Hall–Kier alpha value is -3.11. The first-order valence-electron chi connectivity index (χ1n) is 9.08. The Labute approximate surface area is 175 Å². The summed E-state index contributed by atoms with van der Waals surface area (Å²) < 4.78 is 5.43. The molecule has 29 heavy (non-hydrogen) atoms. The van der Waals surface area contributed by atoms with Crippen LogP contribution in [0.5, 0.6) is 0 Å². The molecule has 0 saturated carbocycles. The number of carbonyl (C=O) groups excluding carboxylic acids is 2. The SMILES string of the molecule is CCN(CC)c1ccc(NNc2nc3sc(/C=C4/NC(=O)OC4=O)cc3s2)cc1. The fraction of sp³-hybridized carbons (Fsp3) is 0.211. The molecule has 2 aromatic heterocycles. The molecule has 1 fully saturated rings. The van der Waals surface area contributed by atoms with Gasteiger partial charge in [-0.15, -0.1) is 11.3 Å². The lowest BCUT2D eigenvalue weighted by atomic mass is 10.2. The number of hydrazine groups is 1. The first-order chi connectivity index (χ1) is 14.1. The van der Waals surface area contributed by atoms with E-state index in [0.717, 1.165) is 38.3 Å². The van der Waals surface area contributed by atoms with Gasteiger partial charge < -0.3 is 9.64 Å². The molecule has 0 bridgehead atoms. The van der Waals surface area contributed by atoms with Crippen LogP contribution in [0.3, 0.4) is 0 Å². The number of alkyl carbamates (subject to hydrolysis) is 1. The number of cyclic esters (lactones) is 2. The zero-order chi connectivity index (χ0) is 20.4. The standard InChI is InChI=1S/C19H19N5O3S2/c1-3-24(4-2)12-7-5-11(6-8-12)22-23-18-21-16-15(29-18)10-13(28-16)9-14-17(25)27-19(26)20-14/h5-10,22H,3-4H2,1-2H3,(H,20,26)(H,21,23)/b14-9+. The molecule has 3 heterocycles. The predicted octanol–water partition coefficient (Wildman–Crippen LogP) is 4.25. The van der Waals surface area contributed by atoms with Crippen molar-refractivity contribution in [2.45, 2.75) is 13.8 Å². The van der Waals surface area contributed by atoms with Gasteiger partial charge in [0.05, 0.1) is 10.4 Å². The van der Waals surface area contributed by atoms with E-state index in [1.165, 1.54) is 28.4 Å². The van der Waals surface area contributed by atoms with Gasteiger partial charge >= 0.3 is 12.1 Å². The molecular weight excluding hydrogens is 410 g/mol. The van der Waals surface area contributed by atoms with Crippen molar-refractivity contribution in [3.05, 3.63) is 40.9 Å². The maximum Gasteiger partial charge on any atom is 0.419 e. The normalized spacial score (nSPS) is 14.9. The second kappa shape index (κ2) is 8.10. The molecule has 1 saturated heterocycles. The number of esters is 1. The molecule has 150 valence electrons. The van der Waals surface area contributed by atoms with Crippen LogP contribution >= 0.6 is 22.7 Å². The monoisotopic (exact) mass is 429 g/mol. The van der Waals surface area contributed by atoms with Crippen molar-refractivity contribution < 1.29 is 14.3 Å². The average Bonchev–Trinajstić information content (AvgIpc) is 3.35. The Morgan fingerprint density at radius 1 is 1.14 bits per heavy atom. The quantitative estimate of drug-likeness (QED) is 0.224. The Morgan fingerprint density at radius 2 is 1.90 bits per heavy atom. The van der Waals surface area contributed by atoms with Gasteiger partial charge in [0.15, 0.2) is 0 Å². The van der Waals surface area contributed by atoms with Crippen molar-refractivity contribution in [3.8, 4) is 0 Å². The number of amides is 1. The van der Waals surface area contributed by atoms with Crippen LogP contribution < -0.4 is 21.1 Å². The number of thiophene rings is 1. The third-order valence-corrected chi connectivity index (χ3v) is 6.37. The number of aromatic nitrogens is 1. The molecular formula is C19H19N5O3S2. The van der Waals surface area contributed by atoms with E-state index in [2.05, 4.69) is 56.8 Å². The number of anilines is 3. The fourth-order valence-corrected chi connectivity index (χ4v) is 4.93. The minimum Gasteiger partial charge on any atom is -0.372 e. The minimum atomic E-state index is -0.750. The van der Waals surface area contributed by atoms with Gasteiger partial charge in [-0.2, -0.15) is 0 Å². The van der Waals surface area contributed by atoms with Crippen LogP contribution in [0.2, 0.25) is 0 Å². The van der Waals surface area contributed by atoms with Crippen molar-refractivity contribution in [2.24, 2.45) is 0 Å². The molecule has 1 aliphatic rings. The zero-order valence-corrected chi connectivity index (χ0v) is 17.4. The maximum absolute atomic E-state index is 11.5. The third-order valence-electron chi connectivity index (χ3n) is 4.35. The van der Waals surface area contributed by atoms with Gasteiger partial charge in [-0.3, -0.25) is 16.2 Å². The molecule has 4 rings (SSSR count). The van der Waals surface area contributed by atoms with Gasteiger partial charge in [0, 0.05) is 23.7 Å². The lowest BCUT2D eigenvalue weighted by Gasteiger charge is -2.21. The third kappa shape index (κ3) is 4.17. The molecule has 1 amide bonds. The topological polar surface area (TPSA) is 95.6 Å². The molecule has 1 aromatic carbocycles. The molecule has 8 nitrogen and oxygen atoms in total. The molecule has 3 aromatic rings. The Kier molecular flexibility index (Phi) is 5.36. The molecule has 0 unspecified atom stereocenters. The van der Waals surface area contributed by atoms with Gasteiger partial charge in [0.1, 0.15) is 10.5 Å². The molecule has 0 aliphatic carbocycles. The summed E-state index contributed by atoms with van der Waals surface area (Å²) in [7, 11) is 0. The van der Waals surface area contributed by atoms with Gasteiger partial charge in [0.25, 0.3) is 0 Å². The van der Waals surface area contributed by atoms with E-state index in [1.54, 1.807) is 6.08 Å². The highest BCUT2D eigenvalue weighted by Crippen LogP contribution is 2.34. The summed E-state index contributed by atoms with van der Waals surface area (Å²) in [4.78, 5) is 31.1. The van der Waals surface area contributed by atoms with Crippen molar-refractivity contribution in [1.29, 1.82) is 0 Å². The number of carbonyl (C=O) groups is 2. The summed E-state index contributed by atoms with van der Waals surface area (Å²) in [6, 6.07) is 10.1. The lowest BCUT2D eigenvalue weighted by Crippen LogP contribution is -2.21. The van der Waals surface area contributed by atoms with E-state index in [4.69, 9.17) is 0 Å². The molecule has 0 atom stereocenters. The van der Waals surface area contributed by atoms with Gasteiger partial charge in [-0.05, 0) is 50.3 Å². The summed E-state index contributed by atoms with van der Waals surface area (Å²) in [6.07, 6.45) is 0.843. The molecule has 0 radical (unpaired) electrons. The maximum atomic E-state index is 11.5. The van der Waals surface area contributed by atoms with Crippen LogP contribution in [0.15, 0.2) is 36.0 Å². The highest BCUT2D eigenvalue weighted by atomic mass is 32.1. The second-order valence-corrected chi connectivity index (χ2v) is 8.26. The minimum absolute atomic E-state index is 0.136. The largest absolute Gasteiger partial charge is 0.419 e. The van der Waals surface area contributed by atoms with Crippen molar-refractivity contribution in [1.82, 2.24) is 10.3 Å². The summed E-state index contributed by atoms with van der Waals surface area (Å²) in [5.41, 5.74) is 8.56. The van der Waals surface area contributed by atoms with Crippen LogP contribution in [0, 0.1) is 0 Å². The van der Waals surface area contributed by atoms with Crippen LogP contribution in [0.25, 0.3) is 15.6 Å². The number of rotatable bonds is 7. The van der Waals surface area contributed by atoms with Crippen LogP contribution in [-0.4, -0.2) is 30.1 Å². The Morgan fingerprint density at radius 3 is 2.52 bits per heavy atom. The number of ether oxygens (including phenoxy) is 1. The summed E-state index contributed by atoms with van der Waals surface area (Å²) >= 11 is 2.93. The number of hydrogen-bond donors (Lipinski definition) is 3. The Bertz CT molecular complexity index is 1050. The number of nitrogens with zero attached hydrogens (tertiary/aromatic N) is 2. The smallest absolute Gasteiger partial charge is 0.372 e. The van der Waals surface area contributed by atoms with Crippen LogP contribution in [0.4, 0.5) is 21.3 Å². The van der Waals surface area contributed by atoms with Crippen LogP contribution in [0.1, 0.15) is 18.7 Å². The first-order valence-corrected chi connectivity index (χ1v) is 10.7. The van der Waals surface area contributed by atoms with Crippen molar-refractivity contribution >= 4 is 66.8 Å². The van der Waals surface area contributed by atoms with E-state index in [1.807, 2.05) is 18.2 Å². The number of benzene rings is 1. The predicted molar refractivity (Wildman–Crippen MR) is 117 cm³/mol.